The molecule has 0 aliphatic carbocycles. The Morgan fingerprint density at radius 1 is 0.544 bits per heavy atom. The number of hydrogen-bond acceptors (Lipinski definition) is 8. The van der Waals surface area contributed by atoms with E-state index in [-0.39, 0.29) is 32.6 Å². The van der Waals surface area contributed by atoms with Gasteiger partial charge in [-0.3, -0.25) is 18.6 Å². The highest BCUT2D eigenvalue weighted by Gasteiger charge is 2.26. The Labute approximate surface area is 349 Å². The first-order valence-electron chi connectivity index (χ1n) is 22.8. The Hall–Kier alpha value is -2.29. The van der Waals surface area contributed by atoms with Gasteiger partial charge in [0.05, 0.1) is 13.2 Å². The number of rotatable bonds is 42. The van der Waals surface area contributed by atoms with Crippen LogP contribution in [0.15, 0.2) is 60.8 Å². The van der Waals surface area contributed by atoms with Crippen molar-refractivity contribution in [1.29, 1.82) is 0 Å². The maximum atomic E-state index is 12.6. The highest BCUT2D eigenvalue weighted by Crippen LogP contribution is 2.43. The summed E-state index contributed by atoms with van der Waals surface area (Å²) in [5.41, 5.74) is 5.35. The molecule has 9 nitrogen and oxygen atoms in total. The number of nitrogens with two attached hydrogens (primary N) is 1. The van der Waals surface area contributed by atoms with Gasteiger partial charge in [-0.1, -0.05) is 164 Å². The third-order valence-corrected chi connectivity index (χ3v) is 10.4. The summed E-state index contributed by atoms with van der Waals surface area (Å²) in [6.07, 6.45) is 51.0. The Balaban J connectivity index is 4.16. The van der Waals surface area contributed by atoms with Crippen LogP contribution in [-0.4, -0.2) is 49.3 Å². The van der Waals surface area contributed by atoms with Gasteiger partial charge in [0, 0.05) is 19.4 Å². The summed E-state index contributed by atoms with van der Waals surface area (Å²) in [6, 6.07) is 0. The van der Waals surface area contributed by atoms with Crippen LogP contribution in [0.4, 0.5) is 0 Å². The SMILES string of the molecule is CC/C=C\C/C=C\C/C=C\C/C=C\CCCCCCCCC(=O)OC(COC(=O)CCCCCCCCC/C=C\CCCCCCCC)COP(=O)(O)OCCN. The molecule has 0 aromatic rings. The molecule has 0 bridgehead atoms. The van der Waals surface area contributed by atoms with E-state index >= 15 is 0 Å². The number of hydrogen-bond donors (Lipinski definition) is 2. The van der Waals surface area contributed by atoms with Gasteiger partial charge in [0.25, 0.3) is 0 Å². The largest absolute Gasteiger partial charge is 0.472 e. The summed E-state index contributed by atoms with van der Waals surface area (Å²) < 4.78 is 32.8. The van der Waals surface area contributed by atoms with Crippen molar-refractivity contribution in [3.63, 3.8) is 0 Å². The molecule has 0 amide bonds. The standard InChI is InChI=1S/C47H84NO8P/c1-3-5-7-9-11-13-15-17-19-21-22-24-26-28-30-32-34-36-38-40-47(50)56-45(44-55-57(51,52)54-42-41-48)43-53-46(49)39-37-35-33-31-29-27-25-23-20-18-16-14-12-10-8-6-4-2/h5,7,11,13,17-20,22,24,45H,3-4,6,8-10,12,14-16,21,23,25-44,48H2,1-2H3,(H,51,52)/b7-5-,13-11-,19-17-,20-18-,24-22-. The fourth-order valence-corrected chi connectivity index (χ4v) is 6.80. The van der Waals surface area contributed by atoms with E-state index < -0.39 is 32.5 Å². The third kappa shape index (κ3) is 43.1. The number of phosphoric acid groups is 1. The highest BCUT2D eigenvalue weighted by atomic mass is 31.2. The molecule has 0 saturated carbocycles. The van der Waals surface area contributed by atoms with Gasteiger partial charge in [-0.15, -0.1) is 0 Å². The number of carbonyl (C=O) groups is 2. The van der Waals surface area contributed by atoms with Crippen LogP contribution in [0, 0.1) is 0 Å². The zero-order valence-electron chi connectivity index (χ0n) is 36.3. The number of allylic oxidation sites excluding steroid dienone is 10. The Morgan fingerprint density at radius 3 is 1.46 bits per heavy atom. The maximum absolute atomic E-state index is 12.6. The molecule has 3 N–H and O–H groups in total. The predicted octanol–water partition coefficient (Wildman–Crippen LogP) is 13.3. The van der Waals surface area contributed by atoms with Crippen LogP contribution < -0.4 is 5.73 Å². The van der Waals surface area contributed by atoms with Gasteiger partial charge < -0.3 is 20.1 Å². The molecule has 0 rings (SSSR count). The molecule has 0 heterocycles. The molecule has 2 atom stereocenters. The Morgan fingerprint density at radius 2 is 0.965 bits per heavy atom. The Kier molecular flexibility index (Phi) is 41.6. The van der Waals surface area contributed by atoms with E-state index in [2.05, 4.69) is 74.6 Å². The molecule has 2 unspecified atom stereocenters. The predicted molar refractivity (Wildman–Crippen MR) is 238 cm³/mol. The van der Waals surface area contributed by atoms with Crippen LogP contribution in [0.25, 0.3) is 0 Å². The van der Waals surface area contributed by atoms with Crippen molar-refractivity contribution < 1.29 is 37.6 Å². The van der Waals surface area contributed by atoms with Crippen molar-refractivity contribution >= 4 is 19.8 Å². The van der Waals surface area contributed by atoms with E-state index in [0.29, 0.717) is 6.42 Å². The van der Waals surface area contributed by atoms with Crippen molar-refractivity contribution in [3.05, 3.63) is 60.8 Å². The topological polar surface area (TPSA) is 134 Å². The molecule has 57 heavy (non-hydrogen) atoms. The van der Waals surface area contributed by atoms with E-state index in [1.54, 1.807) is 0 Å². The zero-order valence-corrected chi connectivity index (χ0v) is 37.2. The van der Waals surface area contributed by atoms with Gasteiger partial charge in [-0.25, -0.2) is 4.57 Å². The lowest BCUT2D eigenvalue weighted by atomic mass is 10.1. The molecule has 330 valence electrons. The quantitative estimate of drug-likeness (QED) is 0.0267. The van der Waals surface area contributed by atoms with E-state index in [9.17, 15) is 19.0 Å². The second-order valence-electron chi connectivity index (χ2n) is 14.9. The van der Waals surface area contributed by atoms with Gasteiger partial charge in [-0.2, -0.15) is 0 Å². The molecule has 0 aromatic heterocycles. The second-order valence-corrected chi connectivity index (χ2v) is 16.3. The first kappa shape index (κ1) is 54.7. The van der Waals surface area contributed by atoms with Gasteiger partial charge in [0.2, 0.25) is 0 Å². The smallest absolute Gasteiger partial charge is 0.462 e. The van der Waals surface area contributed by atoms with Crippen LogP contribution in [0.5, 0.6) is 0 Å². The van der Waals surface area contributed by atoms with Gasteiger partial charge in [0.1, 0.15) is 6.61 Å². The average Bonchev–Trinajstić information content (AvgIpc) is 3.20. The molecule has 10 heteroatoms. The number of esters is 2. The van der Waals surface area contributed by atoms with Crippen LogP contribution in [0.1, 0.15) is 194 Å². The van der Waals surface area contributed by atoms with Crippen molar-refractivity contribution in [3.8, 4) is 0 Å². The fraction of sp³-hybridized carbons (Fsp3) is 0.745. The van der Waals surface area contributed by atoms with Crippen molar-refractivity contribution in [1.82, 2.24) is 0 Å². The van der Waals surface area contributed by atoms with Crippen molar-refractivity contribution in [2.24, 2.45) is 5.73 Å². The molecule has 0 aromatic carbocycles. The summed E-state index contributed by atoms with van der Waals surface area (Å²) in [4.78, 5) is 34.9. The lowest BCUT2D eigenvalue weighted by Crippen LogP contribution is -2.29. The van der Waals surface area contributed by atoms with Crippen LogP contribution >= 0.6 is 7.82 Å². The van der Waals surface area contributed by atoms with E-state index in [1.165, 1.54) is 64.2 Å². The van der Waals surface area contributed by atoms with Gasteiger partial charge in [0.15, 0.2) is 6.10 Å². The first-order chi connectivity index (χ1) is 27.8. The van der Waals surface area contributed by atoms with E-state index in [0.717, 1.165) is 96.3 Å². The summed E-state index contributed by atoms with van der Waals surface area (Å²) in [5.74, 6) is -0.851. The molecular weight excluding hydrogens is 737 g/mol. The van der Waals surface area contributed by atoms with Crippen molar-refractivity contribution in [2.45, 2.75) is 200 Å². The summed E-state index contributed by atoms with van der Waals surface area (Å²) in [6.45, 7) is 3.60. The number of phosphoric ester groups is 1. The summed E-state index contributed by atoms with van der Waals surface area (Å²) in [5, 5.41) is 0. The van der Waals surface area contributed by atoms with Crippen molar-refractivity contribution in [2.75, 3.05) is 26.4 Å². The Bertz CT molecular complexity index is 1120. The van der Waals surface area contributed by atoms with Crippen LogP contribution in [0.3, 0.4) is 0 Å². The molecular formula is C47H84NO8P. The maximum Gasteiger partial charge on any atom is 0.472 e. The fourth-order valence-electron chi connectivity index (χ4n) is 6.03. The minimum atomic E-state index is -4.39. The molecule has 0 aliphatic rings. The number of carbonyl (C=O) groups excluding carboxylic acids is 2. The average molecular weight is 822 g/mol. The molecule has 0 radical (unpaired) electrons. The zero-order chi connectivity index (χ0) is 41.8. The number of ether oxygens (including phenoxy) is 2. The summed E-state index contributed by atoms with van der Waals surface area (Å²) in [7, 11) is -4.39. The van der Waals surface area contributed by atoms with Gasteiger partial charge >= 0.3 is 19.8 Å². The molecule has 0 spiro atoms. The first-order valence-corrected chi connectivity index (χ1v) is 24.3. The third-order valence-electron chi connectivity index (χ3n) is 9.39. The van der Waals surface area contributed by atoms with Gasteiger partial charge in [-0.05, 0) is 77.0 Å². The normalized spacial score (nSPS) is 13.8. The highest BCUT2D eigenvalue weighted by molar-refractivity contribution is 7.47. The summed E-state index contributed by atoms with van der Waals surface area (Å²) >= 11 is 0. The van der Waals surface area contributed by atoms with Crippen LogP contribution in [-0.2, 0) is 32.7 Å². The number of unbranched alkanes of at least 4 members (excludes halogenated alkanes) is 19. The molecule has 0 aliphatic heterocycles. The van der Waals surface area contributed by atoms with E-state index in [1.807, 2.05) is 0 Å². The van der Waals surface area contributed by atoms with E-state index in [4.69, 9.17) is 24.3 Å². The van der Waals surface area contributed by atoms with Crippen LogP contribution in [0.2, 0.25) is 0 Å². The lowest BCUT2D eigenvalue weighted by molar-refractivity contribution is -0.161. The minimum Gasteiger partial charge on any atom is -0.462 e. The second kappa shape index (κ2) is 43.3. The monoisotopic (exact) mass is 822 g/mol. The minimum absolute atomic E-state index is 0.0478. The lowest BCUT2D eigenvalue weighted by Gasteiger charge is -2.19. The molecule has 0 fully saturated rings. The molecule has 0 saturated heterocycles.